The van der Waals surface area contributed by atoms with Crippen LogP contribution in [0.2, 0.25) is 0 Å². The lowest BCUT2D eigenvalue weighted by molar-refractivity contribution is -0.0528. The molecule has 2 nitrogen and oxygen atoms in total. The van der Waals surface area contributed by atoms with E-state index in [0.717, 1.165) is 6.07 Å². The number of benzene rings is 1. The molecule has 1 aromatic rings. The Morgan fingerprint density at radius 3 is 2.64 bits per heavy atom. The minimum absolute atomic E-state index is 0.253. The van der Waals surface area contributed by atoms with Crippen molar-refractivity contribution in [3.8, 4) is 5.75 Å². The summed E-state index contributed by atoms with van der Waals surface area (Å²) in [5, 5.41) is 0. The van der Waals surface area contributed by atoms with Gasteiger partial charge in [0.25, 0.3) is 0 Å². The van der Waals surface area contributed by atoms with Gasteiger partial charge in [-0.1, -0.05) is 12.1 Å². The van der Waals surface area contributed by atoms with Crippen LogP contribution >= 0.6 is 0 Å². The smallest absolute Gasteiger partial charge is 0.387 e. The number of para-hydroxylation sites is 1. The zero-order valence-corrected chi connectivity index (χ0v) is 7.34. The number of nitrogens with two attached hydrogens (primary N) is 1. The Balaban J connectivity index is 2.96. The molecule has 0 saturated carbocycles. The van der Waals surface area contributed by atoms with E-state index < -0.39 is 18.2 Å². The molecule has 2 N–H and O–H groups in total. The topological polar surface area (TPSA) is 35.2 Å². The SMILES string of the molecule is NCCc1cccc(F)c1OC(F)F. The van der Waals surface area contributed by atoms with E-state index in [4.69, 9.17) is 5.73 Å². The van der Waals surface area contributed by atoms with Crippen LogP contribution in [0.3, 0.4) is 0 Å². The highest BCUT2D eigenvalue weighted by Gasteiger charge is 2.13. The quantitative estimate of drug-likeness (QED) is 0.815. The normalized spacial score (nSPS) is 10.6. The van der Waals surface area contributed by atoms with Gasteiger partial charge in [0.15, 0.2) is 11.6 Å². The van der Waals surface area contributed by atoms with Crippen LogP contribution in [-0.2, 0) is 6.42 Å². The average Bonchev–Trinajstić information content (AvgIpc) is 2.11. The van der Waals surface area contributed by atoms with Crippen LogP contribution in [0.1, 0.15) is 5.56 Å². The number of halogens is 3. The third-order valence-corrected chi connectivity index (χ3v) is 1.67. The molecule has 0 amide bonds. The molecule has 14 heavy (non-hydrogen) atoms. The zero-order chi connectivity index (χ0) is 10.6. The highest BCUT2D eigenvalue weighted by molar-refractivity contribution is 5.35. The predicted molar refractivity (Wildman–Crippen MR) is 45.8 cm³/mol. The summed E-state index contributed by atoms with van der Waals surface area (Å²) in [4.78, 5) is 0. The molecule has 0 aliphatic heterocycles. The van der Waals surface area contributed by atoms with Gasteiger partial charge in [-0.05, 0) is 24.6 Å². The van der Waals surface area contributed by atoms with Crippen molar-refractivity contribution >= 4 is 0 Å². The molecule has 0 unspecified atom stereocenters. The molecule has 0 spiro atoms. The summed E-state index contributed by atoms with van der Waals surface area (Å²) in [6, 6.07) is 4.00. The Bertz CT molecular complexity index is 304. The van der Waals surface area contributed by atoms with Gasteiger partial charge in [-0.2, -0.15) is 8.78 Å². The first-order valence-electron chi connectivity index (χ1n) is 4.07. The minimum Gasteiger partial charge on any atom is -0.431 e. The molecule has 1 aromatic carbocycles. The molecule has 0 radical (unpaired) electrons. The van der Waals surface area contributed by atoms with Gasteiger partial charge in [0, 0.05) is 0 Å². The number of hydrogen-bond donors (Lipinski definition) is 1. The Hall–Kier alpha value is -1.23. The summed E-state index contributed by atoms with van der Waals surface area (Å²) in [5.74, 6) is -1.20. The molecule has 0 fully saturated rings. The van der Waals surface area contributed by atoms with Crippen LogP contribution in [0.5, 0.6) is 5.75 Å². The lowest BCUT2D eigenvalue weighted by Crippen LogP contribution is -2.09. The van der Waals surface area contributed by atoms with E-state index in [1.807, 2.05) is 0 Å². The molecule has 0 aromatic heterocycles. The van der Waals surface area contributed by atoms with Crippen molar-refractivity contribution in [2.24, 2.45) is 5.73 Å². The molecular formula is C9H10F3NO. The highest BCUT2D eigenvalue weighted by atomic mass is 19.3. The standard InChI is InChI=1S/C9H10F3NO/c10-7-3-1-2-6(4-5-13)8(7)14-9(11)12/h1-3,9H,4-5,13H2. The van der Waals surface area contributed by atoms with Crippen molar-refractivity contribution in [3.63, 3.8) is 0 Å². The number of alkyl halides is 2. The predicted octanol–water partition coefficient (Wildman–Crippen LogP) is 1.93. The highest BCUT2D eigenvalue weighted by Crippen LogP contribution is 2.24. The van der Waals surface area contributed by atoms with Crippen LogP contribution in [0, 0.1) is 5.82 Å². The van der Waals surface area contributed by atoms with Crippen molar-refractivity contribution in [3.05, 3.63) is 29.6 Å². The maximum Gasteiger partial charge on any atom is 0.387 e. The molecule has 0 aliphatic carbocycles. The molecule has 5 heteroatoms. The van der Waals surface area contributed by atoms with Crippen LogP contribution in [0.25, 0.3) is 0 Å². The van der Waals surface area contributed by atoms with E-state index >= 15 is 0 Å². The van der Waals surface area contributed by atoms with E-state index in [2.05, 4.69) is 4.74 Å². The molecule has 0 saturated heterocycles. The second-order valence-corrected chi connectivity index (χ2v) is 2.65. The molecule has 0 heterocycles. The van der Waals surface area contributed by atoms with Crippen molar-refractivity contribution < 1.29 is 17.9 Å². The van der Waals surface area contributed by atoms with Gasteiger partial charge in [-0.15, -0.1) is 0 Å². The third kappa shape index (κ3) is 2.63. The fourth-order valence-corrected chi connectivity index (χ4v) is 1.13. The first-order valence-corrected chi connectivity index (χ1v) is 4.07. The number of rotatable bonds is 4. The number of hydrogen-bond acceptors (Lipinski definition) is 2. The second-order valence-electron chi connectivity index (χ2n) is 2.65. The average molecular weight is 205 g/mol. The zero-order valence-electron chi connectivity index (χ0n) is 7.34. The summed E-state index contributed by atoms with van der Waals surface area (Å²) in [6.07, 6.45) is 0.305. The molecular weight excluding hydrogens is 195 g/mol. The summed E-state index contributed by atoms with van der Waals surface area (Å²) >= 11 is 0. The van der Waals surface area contributed by atoms with E-state index in [1.54, 1.807) is 0 Å². The maximum absolute atomic E-state index is 13.0. The van der Waals surface area contributed by atoms with Crippen molar-refractivity contribution in [2.75, 3.05) is 6.54 Å². The molecule has 0 bridgehead atoms. The summed E-state index contributed by atoms with van der Waals surface area (Å²) in [6.45, 7) is -2.77. The molecule has 1 rings (SSSR count). The summed E-state index contributed by atoms with van der Waals surface area (Å²) < 4.78 is 40.9. The third-order valence-electron chi connectivity index (χ3n) is 1.67. The largest absolute Gasteiger partial charge is 0.431 e. The summed E-state index contributed by atoms with van der Waals surface area (Å²) in [7, 11) is 0. The lowest BCUT2D eigenvalue weighted by atomic mass is 10.1. The van der Waals surface area contributed by atoms with E-state index in [9.17, 15) is 13.2 Å². The van der Waals surface area contributed by atoms with Crippen molar-refractivity contribution in [2.45, 2.75) is 13.0 Å². The van der Waals surface area contributed by atoms with Gasteiger partial charge in [0.2, 0.25) is 0 Å². The van der Waals surface area contributed by atoms with Crippen LogP contribution in [-0.4, -0.2) is 13.2 Å². The van der Waals surface area contributed by atoms with E-state index in [-0.39, 0.29) is 6.54 Å². The Kier molecular flexibility index (Phi) is 3.76. The monoisotopic (exact) mass is 205 g/mol. The first-order chi connectivity index (χ1) is 6.65. The van der Waals surface area contributed by atoms with Gasteiger partial charge in [-0.25, -0.2) is 4.39 Å². The molecule has 0 aliphatic rings. The van der Waals surface area contributed by atoms with Gasteiger partial charge in [-0.3, -0.25) is 0 Å². The Morgan fingerprint density at radius 1 is 1.36 bits per heavy atom. The van der Waals surface area contributed by atoms with Crippen LogP contribution in [0.4, 0.5) is 13.2 Å². The summed E-state index contributed by atoms with van der Waals surface area (Å²) in [5.41, 5.74) is 5.60. The lowest BCUT2D eigenvalue weighted by Gasteiger charge is -2.10. The van der Waals surface area contributed by atoms with Crippen LogP contribution < -0.4 is 10.5 Å². The van der Waals surface area contributed by atoms with E-state index in [0.29, 0.717) is 12.0 Å². The van der Waals surface area contributed by atoms with Gasteiger partial charge >= 0.3 is 6.61 Å². The van der Waals surface area contributed by atoms with Crippen molar-refractivity contribution in [1.82, 2.24) is 0 Å². The van der Waals surface area contributed by atoms with Gasteiger partial charge < -0.3 is 10.5 Å². The number of ether oxygens (including phenoxy) is 1. The van der Waals surface area contributed by atoms with E-state index in [1.165, 1.54) is 12.1 Å². The fraction of sp³-hybridized carbons (Fsp3) is 0.333. The van der Waals surface area contributed by atoms with Gasteiger partial charge in [0.05, 0.1) is 0 Å². The van der Waals surface area contributed by atoms with Crippen LogP contribution in [0.15, 0.2) is 18.2 Å². The maximum atomic E-state index is 13.0. The molecule has 78 valence electrons. The fourth-order valence-electron chi connectivity index (χ4n) is 1.13. The van der Waals surface area contributed by atoms with Crippen molar-refractivity contribution in [1.29, 1.82) is 0 Å². The van der Waals surface area contributed by atoms with Gasteiger partial charge in [0.1, 0.15) is 0 Å². The Morgan fingerprint density at radius 2 is 2.07 bits per heavy atom. The Labute approximate surface area is 79.5 Å². The second kappa shape index (κ2) is 4.85. The minimum atomic E-state index is -3.02. The first kappa shape index (κ1) is 10.8. The molecule has 0 atom stereocenters.